The predicted octanol–water partition coefficient (Wildman–Crippen LogP) is 4.40. The van der Waals surface area contributed by atoms with Crippen LogP contribution >= 0.6 is 15.9 Å². The van der Waals surface area contributed by atoms with Gasteiger partial charge in [-0.15, -0.1) is 0 Å². The lowest BCUT2D eigenvalue weighted by atomic mass is 9.93. The molecule has 23 heavy (non-hydrogen) atoms. The quantitative estimate of drug-likeness (QED) is 0.863. The van der Waals surface area contributed by atoms with E-state index in [0.29, 0.717) is 6.42 Å². The molecule has 3 rings (SSSR count). The summed E-state index contributed by atoms with van der Waals surface area (Å²) < 4.78 is 1.02. The van der Waals surface area contributed by atoms with Crippen molar-refractivity contribution in [2.45, 2.75) is 31.8 Å². The molecule has 3 nitrogen and oxygen atoms in total. The van der Waals surface area contributed by atoms with E-state index >= 15 is 0 Å². The summed E-state index contributed by atoms with van der Waals surface area (Å²) in [7, 11) is 0. The fourth-order valence-electron chi connectivity index (χ4n) is 3.48. The Morgan fingerprint density at radius 1 is 1.17 bits per heavy atom. The van der Waals surface area contributed by atoms with Gasteiger partial charge >= 0.3 is 5.97 Å². The number of halogens is 1. The number of aliphatic carboxylic acids is 1. The van der Waals surface area contributed by atoms with Crippen molar-refractivity contribution < 1.29 is 9.90 Å². The number of carboxylic acids is 1. The van der Waals surface area contributed by atoms with Crippen LogP contribution in [0.25, 0.3) is 0 Å². The van der Waals surface area contributed by atoms with E-state index in [1.807, 2.05) is 30.3 Å². The Labute approximate surface area is 145 Å². The van der Waals surface area contributed by atoms with Crippen molar-refractivity contribution in [2.24, 2.45) is 0 Å². The number of aryl methyl sites for hydroxylation is 1. The van der Waals surface area contributed by atoms with Crippen LogP contribution in [-0.2, 0) is 4.79 Å². The summed E-state index contributed by atoms with van der Waals surface area (Å²) >= 11 is 3.65. The first-order valence-corrected chi connectivity index (χ1v) is 8.67. The second kappa shape index (κ2) is 6.85. The van der Waals surface area contributed by atoms with Gasteiger partial charge in [-0.2, -0.15) is 0 Å². The first-order valence-electron chi connectivity index (χ1n) is 7.88. The SMILES string of the molecule is Cc1ccccc1C(c1ccccc1Br)N1CCCC1C(=O)O. The van der Waals surface area contributed by atoms with Crippen LogP contribution in [0.3, 0.4) is 0 Å². The van der Waals surface area contributed by atoms with Crippen molar-refractivity contribution in [3.8, 4) is 0 Å². The van der Waals surface area contributed by atoms with Gasteiger partial charge in [0, 0.05) is 11.0 Å². The summed E-state index contributed by atoms with van der Waals surface area (Å²) in [6.07, 6.45) is 1.63. The lowest BCUT2D eigenvalue weighted by Crippen LogP contribution is -2.39. The van der Waals surface area contributed by atoms with E-state index in [0.717, 1.165) is 23.0 Å². The first-order chi connectivity index (χ1) is 11.1. The van der Waals surface area contributed by atoms with Crippen LogP contribution < -0.4 is 0 Å². The van der Waals surface area contributed by atoms with E-state index in [1.54, 1.807) is 0 Å². The zero-order valence-electron chi connectivity index (χ0n) is 13.1. The zero-order chi connectivity index (χ0) is 16.4. The third-order valence-electron chi connectivity index (χ3n) is 4.59. The molecule has 0 amide bonds. The monoisotopic (exact) mass is 373 g/mol. The summed E-state index contributed by atoms with van der Waals surface area (Å²) in [5.41, 5.74) is 3.48. The van der Waals surface area contributed by atoms with E-state index in [-0.39, 0.29) is 6.04 Å². The highest BCUT2D eigenvalue weighted by atomic mass is 79.9. The fourth-order valence-corrected chi connectivity index (χ4v) is 3.98. The van der Waals surface area contributed by atoms with E-state index in [1.165, 1.54) is 11.1 Å². The second-order valence-electron chi connectivity index (χ2n) is 6.01. The van der Waals surface area contributed by atoms with Gasteiger partial charge in [-0.05, 0) is 42.5 Å². The smallest absolute Gasteiger partial charge is 0.320 e. The Hall–Kier alpha value is -1.65. The van der Waals surface area contributed by atoms with Gasteiger partial charge in [0.25, 0.3) is 0 Å². The molecule has 2 aromatic rings. The van der Waals surface area contributed by atoms with Gasteiger partial charge in [0.1, 0.15) is 6.04 Å². The van der Waals surface area contributed by atoms with E-state index in [2.05, 4.69) is 46.0 Å². The van der Waals surface area contributed by atoms with Crippen LogP contribution in [0, 0.1) is 6.92 Å². The molecule has 4 heteroatoms. The number of carbonyl (C=O) groups is 1. The molecule has 2 aromatic carbocycles. The molecule has 1 N–H and O–H groups in total. The molecular weight excluding hydrogens is 354 g/mol. The third-order valence-corrected chi connectivity index (χ3v) is 5.32. The molecule has 0 saturated carbocycles. The fraction of sp³-hybridized carbons (Fsp3) is 0.316. The predicted molar refractivity (Wildman–Crippen MR) is 94.5 cm³/mol. The Balaban J connectivity index is 2.13. The van der Waals surface area contributed by atoms with Crippen molar-refractivity contribution >= 4 is 21.9 Å². The number of carboxylic acid groups (broad SMARTS) is 1. The molecule has 1 aliphatic rings. The van der Waals surface area contributed by atoms with Crippen LogP contribution in [0.2, 0.25) is 0 Å². The number of nitrogens with zero attached hydrogens (tertiary/aromatic N) is 1. The Kier molecular flexibility index (Phi) is 4.83. The number of likely N-dealkylation sites (tertiary alicyclic amines) is 1. The molecule has 0 aliphatic carbocycles. The van der Waals surface area contributed by atoms with Crippen LogP contribution in [0.4, 0.5) is 0 Å². The lowest BCUT2D eigenvalue weighted by Gasteiger charge is -2.33. The summed E-state index contributed by atoms with van der Waals surface area (Å²) in [5, 5.41) is 9.61. The van der Waals surface area contributed by atoms with Crippen molar-refractivity contribution in [3.63, 3.8) is 0 Å². The van der Waals surface area contributed by atoms with Crippen LogP contribution in [0.5, 0.6) is 0 Å². The second-order valence-corrected chi connectivity index (χ2v) is 6.87. The van der Waals surface area contributed by atoms with Gasteiger partial charge in [0.2, 0.25) is 0 Å². The minimum atomic E-state index is -0.729. The molecule has 1 fully saturated rings. The minimum absolute atomic E-state index is 0.0459. The summed E-state index contributed by atoms with van der Waals surface area (Å²) in [6, 6.07) is 15.9. The average Bonchev–Trinajstić information content (AvgIpc) is 3.01. The number of hydrogen-bond acceptors (Lipinski definition) is 2. The highest BCUT2D eigenvalue weighted by Gasteiger charge is 2.37. The largest absolute Gasteiger partial charge is 0.480 e. The molecule has 1 aliphatic heterocycles. The highest BCUT2D eigenvalue weighted by molar-refractivity contribution is 9.10. The van der Waals surface area contributed by atoms with Crippen molar-refractivity contribution in [1.82, 2.24) is 4.90 Å². The summed E-state index contributed by atoms with van der Waals surface area (Å²) in [4.78, 5) is 13.8. The molecule has 120 valence electrons. The Morgan fingerprint density at radius 3 is 2.48 bits per heavy atom. The molecule has 0 aromatic heterocycles. The number of benzene rings is 2. The molecule has 2 unspecified atom stereocenters. The zero-order valence-corrected chi connectivity index (χ0v) is 14.7. The number of rotatable bonds is 4. The van der Waals surface area contributed by atoms with Gasteiger partial charge < -0.3 is 5.11 Å². The normalized spacial score (nSPS) is 19.7. The maximum absolute atomic E-state index is 11.7. The maximum Gasteiger partial charge on any atom is 0.320 e. The van der Waals surface area contributed by atoms with Crippen molar-refractivity contribution in [1.29, 1.82) is 0 Å². The van der Waals surface area contributed by atoms with E-state index in [9.17, 15) is 9.90 Å². The average molecular weight is 374 g/mol. The van der Waals surface area contributed by atoms with Gasteiger partial charge in [0.05, 0.1) is 6.04 Å². The molecule has 1 saturated heterocycles. The van der Waals surface area contributed by atoms with Gasteiger partial charge in [-0.25, -0.2) is 0 Å². The van der Waals surface area contributed by atoms with Crippen molar-refractivity contribution in [2.75, 3.05) is 6.54 Å². The summed E-state index contributed by atoms with van der Waals surface area (Å²) in [5.74, 6) is -0.729. The Morgan fingerprint density at radius 2 is 1.83 bits per heavy atom. The third kappa shape index (κ3) is 3.19. The maximum atomic E-state index is 11.7. The lowest BCUT2D eigenvalue weighted by molar-refractivity contribution is -0.142. The molecular formula is C19H20BrNO2. The van der Waals surface area contributed by atoms with Crippen molar-refractivity contribution in [3.05, 3.63) is 69.7 Å². The molecule has 2 atom stereocenters. The molecule has 0 radical (unpaired) electrons. The topological polar surface area (TPSA) is 40.5 Å². The Bertz CT molecular complexity index is 671. The van der Waals surface area contributed by atoms with E-state index in [4.69, 9.17) is 0 Å². The molecule has 0 spiro atoms. The summed E-state index contributed by atoms with van der Waals surface area (Å²) in [6.45, 7) is 2.89. The standard InChI is InChI=1S/C19H20BrNO2/c1-13-7-2-3-8-14(13)18(15-9-4-5-10-16(15)20)21-12-6-11-17(21)19(22)23/h2-5,7-10,17-18H,6,11-12H2,1H3,(H,22,23). The van der Waals surface area contributed by atoms with Crippen LogP contribution in [0.15, 0.2) is 53.0 Å². The van der Waals surface area contributed by atoms with Gasteiger partial charge in [-0.3, -0.25) is 9.69 Å². The molecule has 1 heterocycles. The van der Waals surface area contributed by atoms with E-state index < -0.39 is 12.0 Å². The highest BCUT2D eigenvalue weighted by Crippen LogP contribution is 2.39. The van der Waals surface area contributed by atoms with Gasteiger partial charge in [0.15, 0.2) is 0 Å². The van der Waals surface area contributed by atoms with Crippen LogP contribution in [0.1, 0.15) is 35.6 Å². The van der Waals surface area contributed by atoms with Gasteiger partial charge in [-0.1, -0.05) is 58.4 Å². The molecule has 0 bridgehead atoms. The van der Waals surface area contributed by atoms with Crippen LogP contribution in [-0.4, -0.2) is 28.6 Å². The minimum Gasteiger partial charge on any atom is -0.480 e. The first kappa shape index (κ1) is 16.2. The number of hydrogen-bond donors (Lipinski definition) is 1.